The Labute approximate surface area is 81.6 Å². The smallest absolute Gasteiger partial charge is 0.169 e. The predicted octanol–water partition coefficient (Wildman–Crippen LogP) is 1.47. The molecule has 0 spiro atoms. The van der Waals surface area contributed by atoms with Gasteiger partial charge in [-0.15, -0.1) is 0 Å². The Balaban J connectivity index is 3.24. The van der Waals surface area contributed by atoms with Crippen LogP contribution in [0.15, 0.2) is 12.1 Å². The summed E-state index contributed by atoms with van der Waals surface area (Å²) in [5.74, 6) is -1.41. The van der Waals surface area contributed by atoms with Crippen molar-refractivity contribution in [1.82, 2.24) is 0 Å². The number of hydrogen-bond donors (Lipinski definition) is 2. The highest BCUT2D eigenvalue weighted by molar-refractivity contribution is 5.46. The van der Waals surface area contributed by atoms with Gasteiger partial charge < -0.3 is 10.8 Å². The molecule has 1 aromatic carbocycles. The van der Waals surface area contributed by atoms with Crippen molar-refractivity contribution in [1.29, 1.82) is 5.26 Å². The SMILES string of the molecule is CC(CN)c1cc(F)c(O)c(C#N)c1. The van der Waals surface area contributed by atoms with Gasteiger partial charge >= 0.3 is 0 Å². The van der Waals surface area contributed by atoms with Crippen LogP contribution >= 0.6 is 0 Å². The van der Waals surface area contributed by atoms with Crippen LogP contribution in [0.3, 0.4) is 0 Å². The van der Waals surface area contributed by atoms with E-state index in [-0.39, 0.29) is 11.5 Å². The molecule has 0 aliphatic carbocycles. The Morgan fingerprint density at radius 1 is 1.64 bits per heavy atom. The Kier molecular flexibility index (Phi) is 3.05. The largest absolute Gasteiger partial charge is 0.504 e. The number of hydrogen-bond acceptors (Lipinski definition) is 3. The molecule has 3 N–H and O–H groups in total. The molecule has 0 fully saturated rings. The number of rotatable bonds is 2. The molecule has 1 atom stereocenters. The van der Waals surface area contributed by atoms with Crippen LogP contribution in [-0.2, 0) is 0 Å². The molecule has 0 aliphatic heterocycles. The van der Waals surface area contributed by atoms with Gasteiger partial charge in [0, 0.05) is 0 Å². The maximum atomic E-state index is 13.1. The minimum Gasteiger partial charge on any atom is -0.504 e. The third-order valence-corrected chi connectivity index (χ3v) is 2.13. The first-order valence-corrected chi connectivity index (χ1v) is 4.22. The van der Waals surface area contributed by atoms with Gasteiger partial charge in [-0.2, -0.15) is 5.26 Å². The molecule has 0 aliphatic rings. The van der Waals surface area contributed by atoms with Crippen LogP contribution in [0.25, 0.3) is 0 Å². The fraction of sp³-hybridized carbons (Fsp3) is 0.300. The molecule has 1 rings (SSSR count). The average molecular weight is 194 g/mol. The van der Waals surface area contributed by atoms with Gasteiger partial charge in [0.25, 0.3) is 0 Å². The van der Waals surface area contributed by atoms with Crippen molar-refractivity contribution >= 4 is 0 Å². The number of aromatic hydroxyl groups is 1. The summed E-state index contributed by atoms with van der Waals surface area (Å²) in [5.41, 5.74) is 5.98. The standard InChI is InChI=1S/C10H11FN2O/c1-6(4-12)7-2-8(5-13)10(14)9(11)3-7/h2-3,6,14H,4,12H2,1H3. The highest BCUT2D eigenvalue weighted by Gasteiger charge is 2.12. The number of halogens is 1. The molecular weight excluding hydrogens is 183 g/mol. The van der Waals surface area contributed by atoms with Crippen LogP contribution in [0, 0.1) is 17.1 Å². The summed E-state index contributed by atoms with van der Waals surface area (Å²) in [6, 6.07) is 4.38. The molecule has 1 unspecified atom stereocenters. The molecule has 14 heavy (non-hydrogen) atoms. The summed E-state index contributed by atoms with van der Waals surface area (Å²) >= 11 is 0. The van der Waals surface area contributed by atoms with E-state index in [2.05, 4.69) is 0 Å². The van der Waals surface area contributed by atoms with Gasteiger partial charge in [0.15, 0.2) is 11.6 Å². The van der Waals surface area contributed by atoms with E-state index in [4.69, 9.17) is 16.1 Å². The minimum absolute atomic E-state index is 0.0304. The highest BCUT2D eigenvalue weighted by Crippen LogP contribution is 2.25. The first kappa shape index (κ1) is 10.5. The van der Waals surface area contributed by atoms with Crippen LogP contribution in [0.2, 0.25) is 0 Å². The van der Waals surface area contributed by atoms with Crippen LogP contribution in [-0.4, -0.2) is 11.7 Å². The maximum Gasteiger partial charge on any atom is 0.169 e. The van der Waals surface area contributed by atoms with Crippen molar-refractivity contribution in [2.45, 2.75) is 12.8 Å². The molecule has 3 nitrogen and oxygen atoms in total. The lowest BCUT2D eigenvalue weighted by Gasteiger charge is -2.10. The molecule has 4 heteroatoms. The fourth-order valence-corrected chi connectivity index (χ4v) is 1.13. The van der Waals surface area contributed by atoms with Gasteiger partial charge in [0.1, 0.15) is 6.07 Å². The summed E-state index contributed by atoms with van der Waals surface area (Å²) in [5, 5.41) is 17.8. The van der Waals surface area contributed by atoms with Gasteiger partial charge in [-0.1, -0.05) is 6.92 Å². The Hall–Kier alpha value is -1.60. The zero-order chi connectivity index (χ0) is 10.7. The third-order valence-electron chi connectivity index (χ3n) is 2.13. The van der Waals surface area contributed by atoms with E-state index in [0.29, 0.717) is 12.1 Å². The van der Waals surface area contributed by atoms with E-state index in [1.165, 1.54) is 12.1 Å². The van der Waals surface area contributed by atoms with E-state index < -0.39 is 11.6 Å². The summed E-state index contributed by atoms with van der Waals surface area (Å²) in [7, 11) is 0. The number of nitrogens with two attached hydrogens (primary N) is 1. The number of nitriles is 1. The Morgan fingerprint density at radius 3 is 2.79 bits per heavy atom. The Morgan fingerprint density at radius 2 is 2.29 bits per heavy atom. The molecule has 0 radical (unpaired) electrons. The lowest BCUT2D eigenvalue weighted by atomic mass is 9.99. The van der Waals surface area contributed by atoms with E-state index in [0.717, 1.165) is 0 Å². The monoisotopic (exact) mass is 194 g/mol. The van der Waals surface area contributed by atoms with E-state index in [1.54, 1.807) is 6.07 Å². The fourth-order valence-electron chi connectivity index (χ4n) is 1.13. The predicted molar refractivity (Wildman–Crippen MR) is 50.2 cm³/mol. The molecule has 0 amide bonds. The van der Waals surface area contributed by atoms with E-state index >= 15 is 0 Å². The lowest BCUT2D eigenvalue weighted by Crippen LogP contribution is -2.09. The summed E-state index contributed by atoms with van der Waals surface area (Å²) in [6.07, 6.45) is 0. The summed E-state index contributed by atoms with van der Waals surface area (Å²) < 4.78 is 13.1. The molecule has 0 saturated carbocycles. The molecule has 1 aromatic rings. The third kappa shape index (κ3) is 1.83. The van der Waals surface area contributed by atoms with Crippen LogP contribution in [0.5, 0.6) is 5.75 Å². The van der Waals surface area contributed by atoms with Crippen molar-refractivity contribution in [2.75, 3.05) is 6.54 Å². The molecule has 74 valence electrons. The van der Waals surface area contributed by atoms with Crippen molar-refractivity contribution < 1.29 is 9.50 Å². The highest BCUT2D eigenvalue weighted by atomic mass is 19.1. The quantitative estimate of drug-likeness (QED) is 0.748. The molecule has 0 aromatic heterocycles. The van der Waals surface area contributed by atoms with Gasteiger partial charge in [0.2, 0.25) is 0 Å². The molecule has 0 heterocycles. The van der Waals surface area contributed by atoms with Gasteiger partial charge in [0.05, 0.1) is 5.56 Å². The van der Waals surface area contributed by atoms with Gasteiger partial charge in [-0.3, -0.25) is 0 Å². The summed E-state index contributed by atoms with van der Waals surface area (Å²) in [6.45, 7) is 2.20. The molecule has 0 saturated heterocycles. The average Bonchev–Trinajstić information content (AvgIpc) is 2.20. The normalized spacial score (nSPS) is 12.1. The van der Waals surface area contributed by atoms with Crippen molar-refractivity contribution in [3.8, 4) is 11.8 Å². The molecule has 0 bridgehead atoms. The van der Waals surface area contributed by atoms with Crippen molar-refractivity contribution in [2.24, 2.45) is 5.73 Å². The first-order chi connectivity index (χ1) is 6.60. The van der Waals surface area contributed by atoms with Crippen LogP contribution < -0.4 is 5.73 Å². The summed E-state index contributed by atoms with van der Waals surface area (Å²) in [4.78, 5) is 0. The number of phenolic OH excluding ortho intramolecular Hbond substituents is 1. The maximum absolute atomic E-state index is 13.1. The lowest BCUT2D eigenvalue weighted by molar-refractivity contribution is 0.429. The van der Waals surface area contributed by atoms with E-state index in [9.17, 15) is 4.39 Å². The van der Waals surface area contributed by atoms with Crippen LogP contribution in [0.1, 0.15) is 24.0 Å². The second kappa shape index (κ2) is 4.07. The van der Waals surface area contributed by atoms with Crippen molar-refractivity contribution in [3.05, 3.63) is 29.1 Å². The second-order valence-corrected chi connectivity index (χ2v) is 3.15. The minimum atomic E-state index is -0.778. The second-order valence-electron chi connectivity index (χ2n) is 3.15. The number of benzene rings is 1. The first-order valence-electron chi connectivity index (χ1n) is 4.22. The van der Waals surface area contributed by atoms with Gasteiger partial charge in [-0.25, -0.2) is 4.39 Å². The number of nitrogens with zero attached hydrogens (tertiary/aromatic N) is 1. The van der Waals surface area contributed by atoms with Gasteiger partial charge in [-0.05, 0) is 30.2 Å². The zero-order valence-corrected chi connectivity index (χ0v) is 7.79. The van der Waals surface area contributed by atoms with E-state index in [1.807, 2.05) is 6.92 Å². The zero-order valence-electron chi connectivity index (χ0n) is 7.79. The number of phenols is 1. The molecular formula is C10H11FN2O. The Bertz CT molecular complexity index is 384. The topological polar surface area (TPSA) is 70.0 Å². The van der Waals surface area contributed by atoms with Crippen molar-refractivity contribution in [3.63, 3.8) is 0 Å². The van der Waals surface area contributed by atoms with Crippen LogP contribution in [0.4, 0.5) is 4.39 Å².